The third-order valence-electron chi connectivity index (χ3n) is 4.62. The van der Waals surface area contributed by atoms with Crippen LogP contribution in [0.25, 0.3) is 10.8 Å². The molecule has 0 bridgehead atoms. The number of anilines is 1. The van der Waals surface area contributed by atoms with Crippen molar-refractivity contribution >= 4 is 28.3 Å². The van der Waals surface area contributed by atoms with Crippen LogP contribution in [0.15, 0.2) is 30.3 Å². The van der Waals surface area contributed by atoms with Gasteiger partial charge in [0.2, 0.25) is 5.91 Å². The number of benzene rings is 2. The second-order valence-electron chi connectivity index (χ2n) is 5.83. The molecule has 1 N–H and O–H groups in total. The highest BCUT2D eigenvalue weighted by Gasteiger charge is 2.36. The van der Waals surface area contributed by atoms with Crippen LogP contribution in [0, 0.1) is 5.92 Å². The molecule has 2 aliphatic rings. The van der Waals surface area contributed by atoms with Crippen molar-refractivity contribution in [3.05, 3.63) is 41.5 Å². The highest BCUT2D eigenvalue weighted by Crippen LogP contribution is 2.38. The van der Waals surface area contributed by atoms with Gasteiger partial charge < -0.3 is 10.0 Å². The molecule has 0 radical (unpaired) electrons. The van der Waals surface area contributed by atoms with E-state index >= 15 is 0 Å². The van der Waals surface area contributed by atoms with Crippen LogP contribution >= 0.6 is 0 Å². The normalized spacial score (nSPS) is 20.5. The lowest BCUT2D eigenvalue weighted by atomic mass is 10.0. The number of aliphatic carboxylic acids is 1. The number of rotatable bonds is 2. The predicted octanol–water partition coefficient (Wildman–Crippen LogP) is 2.38. The van der Waals surface area contributed by atoms with Crippen molar-refractivity contribution in [1.82, 2.24) is 0 Å². The molecule has 4 heteroatoms. The third-order valence-corrected chi connectivity index (χ3v) is 4.62. The molecular formula is C17H15NO3. The summed E-state index contributed by atoms with van der Waals surface area (Å²) in [6.07, 6.45) is 2.18. The van der Waals surface area contributed by atoms with Gasteiger partial charge in [0.15, 0.2) is 0 Å². The monoisotopic (exact) mass is 281 g/mol. The van der Waals surface area contributed by atoms with Crippen molar-refractivity contribution in [2.75, 3.05) is 11.4 Å². The lowest BCUT2D eigenvalue weighted by Crippen LogP contribution is -2.26. The van der Waals surface area contributed by atoms with Crippen LogP contribution in [0.5, 0.6) is 0 Å². The summed E-state index contributed by atoms with van der Waals surface area (Å²) in [6.45, 7) is 0.271. The van der Waals surface area contributed by atoms with Crippen molar-refractivity contribution in [3.63, 3.8) is 0 Å². The molecule has 4 rings (SSSR count). The predicted molar refractivity (Wildman–Crippen MR) is 79.5 cm³/mol. The first-order chi connectivity index (χ1) is 10.1. The first-order valence-electron chi connectivity index (χ1n) is 7.22. The number of amides is 1. The van der Waals surface area contributed by atoms with Crippen LogP contribution in [0.4, 0.5) is 5.69 Å². The average Bonchev–Trinajstić information content (AvgIpc) is 3.05. The molecule has 1 aliphatic heterocycles. The highest BCUT2D eigenvalue weighted by atomic mass is 16.4. The quantitative estimate of drug-likeness (QED) is 0.919. The van der Waals surface area contributed by atoms with Crippen molar-refractivity contribution in [2.45, 2.75) is 19.3 Å². The summed E-state index contributed by atoms with van der Waals surface area (Å²) in [6, 6.07) is 10.2. The van der Waals surface area contributed by atoms with E-state index in [2.05, 4.69) is 12.1 Å². The van der Waals surface area contributed by atoms with E-state index < -0.39 is 11.9 Å². The van der Waals surface area contributed by atoms with E-state index in [1.54, 1.807) is 4.90 Å². The average molecular weight is 281 g/mol. The van der Waals surface area contributed by atoms with E-state index in [1.165, 1.54) is 16.5 Å². The molecule has 1 aliphatic carbocycles. The second kappa shape index (κ2) is 4.32. The Morgan fingerprint density at radius 2 is 1.90 bits per heavy atom. The number of aryl methyl sites for hydroxylation is 2. The number of carbonyl (C=O) groups is 2. The zero-order valence-corrected chi connectivity index (χ0v) is 11.5. The Balaban J connectivity index is 1.85. The molecule has 4 nitrogen and oxygen atoms in total. The smallest absolute Gasteiger partial charge is 0.308 e. The van der Waals surface area contributed by atoms with Gasteiger partial charge in [0, 0.05) is 18.4 Å². The number of carboxylic acids is 1. The van der Waals surface area contributed by atoms with Crippen molar-refractivity contribution in [3.8, 4) is 0 Å². The van der Waals surface area contributed by atoms with Crippen LogP contribution in [0.2, 0.25) is 0 Å². The van der Waals surface area contributed by atoms with Crippen molar-refractivity contribution < 1.29 is 14.7 Å². The van der Waals surface area contributed by atoms with Gasteiger partial charge in [-0.3, -0.25) is 9.59 Å². The number of nitrogens with zero attached hydrogens (tertiary/aromatic N) is 1. The number of carbonyl (C=O) groups excluding carboxylic acids is 1. The van der Waals surface area contributed by atoms with Crippen molar-refractivity contribution in [2.24, 2.45) is 5.92 Å². The summed E-state index contributed by atoms with van der Waals surface area (Å²) >= 11 is 0. The van der Waals surface area contributed by atoms with Gasteiger partial charge in [0.05, 0.1) is 11.6 Å². The van der Waals surface area contributed by atoms with E-state index in [9.17, 15) is 9.59 Å². The third kappa shape index (κ3) is 1.75. The van der Waals surface area contributed by atoms with Crippen LogP contribution in [0.1, 0.15) is 17.5 Å². The maximum Gasteiger partial charge on any atom is 0.308 e. The van der Waals surface area contributed by atoms with E-state index in [0.717, 1.165) is 23.9 Å². The minimum Gasteiger partial charge on any atom is -0.481 e. The second-order valence-corrected chi connectivity index (χ2v) is 5.83. The molecule has 1 amide bonds. The summed E-state index contributed by atoms with van der Waals surface area (Å²) in [4.78, 5) is 24.9. The van der Waals surface area contributed by atoms with E-state index in [-0.39, 0.29) is 18.9 Å². The summed E-state index contributed by atoms with van der Waals surface area (Å²) in [5.74, 6) is -1.58. The van der Waals surface area contributed by atoms with Gasteiger partial charge in [-0.05, 0) is 35.4 Å². The first-order valence-corrected chi connectivity index (χ1v) is 7.22. The lowest BCUT2D eigenvalue weighted by Gasteiger charge is -2.19. The molecule has 1 saturated heterocycles. The SMILES string of the molecule is O=C(O)[C@@H]1CC(=O)N(c2ccc3c4c(cccc24)CC3)C1. The molecule has 2 aromatic carbocycles. The molecule has 106 valence electrons. The molecule has 0 unspecified atom stereocenters. The largest absolute Gasteiger partial charge is 0.481 e. The maximum absolute atomic E-state index is 12.2. The van der Waals surface area contributed by atoms with Gasteiger partial charge in [0.25, 0.3) is 0 Å². The van der Waals surface area contributed by atoms with Crippen molar-refractivity contribution in [1.29, 1.82) is 0 Å². The molecular weight excluding hydrogens is 266 g/mol. The minimum atomic E-state index is -0.892. The summed E-state index contributed by atoms with van der Waals surface area (Å²) in [7, 11) is 0. The van der Waals surface area contributed by atoms with Crippen LogP contribution in [0.3, 0.4) is 0 Å². The maximum atomic E-state index is 12.2. The standard InChI is InChI=1S/C17H15NO3/c19-15-8-12(17(20)21)9-18(15)14-7-6-11-5-4-10-2-1-3-13(14)16(10)11/h1-3,6-7,12H,4-5,8-9H2,(H,20,21)/t12-/m1/s1. The van der Waals surface area contributed by atoms with Crippen LogP contribution in [-0.4, -0.2) is 23.5 Å². The topological polar surface area (TPSA) is 57.6 Å². The summed E-state index contributed by atoms with van der Waals surface area (Å²) < 4.78 is 0. The van der Waals surface area contributed by atoms with E-state index in [4.69, 9.17) is 5.11 Å². The zero-order valence-electron chi connectivity index (χ0n) is 11.5. The van der Waals surface area contributed by atoms with E-state index in [1.807, 2.05) is 18.2 Å². The molecule has 2 aromatic rings. The number of hydrogen-bond acceptors (Lipinski definition) is 2. The van der Waals surface area contributed by atoms with Gasteiger partial charge in [-0.2, -0.15) is 0 Å². The van der Waals surface area contributed by atoms with Crippen LogP contribution < -0.4 is 4.90 Å². The Kier molecular flexibility index (Phi) is 2.55. The summed E-state index contributed by atoms with van der Waals surface area (Å²) in [5, 5.41) is 11.5. The Hall–Kier alpha value is -2.36. The fourth-order valence-electron chi connectivity index (χ4n) is 3.57. The van der Waals surface area contributed by atoms with Gasteiger partial charge in [-0.15, -0.1) is 0 Å². The molecule has 1 atom stereocenters. The molecule has 0 saturated carbocycles. The van der Waals surface area contributed by atoms with Crippen LogP contribution in [-0.2, 0) is 22.4 Å². The number of carboxylic acid groups (broad SMARTS) is 1. The lowest BCUT2D eigenvalue weighted by molar-refractivity contribution is -0.141. The molecule has 0 spiro atoms. The Bertz CT molecular complexity index is 771. The fourth-order valence-corrected chi connectivity index (χ4v) is 3.57. The highest BCUT2D eigenvalue weighted by molar-refractivity contribution is 6.08. The molecule has 1 heterocycles. The minimum absolute atomic E-state index is 0.0955. The Morgan fingerprint density at radius 3 is 2.62 bits per heavy atom. The van der Waals surface area contributed by atoms with E-state index in [0.29, 0.717) is 0 Å². The zero-order chi connectivity index (χ0) is 14.6. The molecule has 0 aromatic heterocycles. The number of hydrogen-bond donors (Lipinski definition) is 1. The van der Waals surface area contributed by atoms with Gasteiger partial charge in [-0.1, -0.05) is 24.3 Å². The Morgan fingerprint density at radius 1 is 1.14 bits per heavy atom. The Labute approximate surface area is 122 Å². The van der Waals surface area contributed by atoms with Gasteiger partial charge in [-0.25, -0.2) is 0 Å². The fraction of sp³-hybridized carbons (Fsp3) is 0.294. The first kappa shape index (κ1) is 12.4. The molecule has 21 heavy (non-hydrogen) atoms. The molecule has 1 fully saturated rings. The van der Waals surface area contributed by atoms with Gasteiger partial charge in [0.1, 0.15) is 0 Å². The summed E-state index contributed by atoms with van der Waals surface area (Å²) in [5.41, 5.74) is 3.50. The van der Waals surface area contributed by atoms with Gasteiger partial charge >= 0.3 is 5.97 Å².